The molecule has 116 valence electrons. The Morgan fingerprint density at radius 1 is 1.27 bits per heavy atom. The van der Waals surface area contributed by atoms with Crippen LogP contribution < -0.4 is 10.6 Å². The van der Waals surface area contributed by atoms with E-state index < -0.39 is 12.1 Å². The van der Waals surface area contributed by atoms with E-state index in [1.54, 1.807) is 25.1 Å². The van der Waals surface area contributed by atoms with E-state index in [9.17, 15) is 14.3 Å². The highest BCUT2D eigenvalue weighted by atomic mass is 35.5. The number of benzene rings is 2. The van der Waals surface area contributed by atoms with Gasteiger partial charge in [-0.25, -0.2) is 9.18 Å². The first-order valence-electron chi connectivity index (χ1n) is 6.71. The lowest BCUT2D eigenvalue weighted by molar-refractivity contribution is 0.175. The van der Waals surface area contributed by atoms with Gasteiger partial charge in [-0.3, -0.25) is 0 Å². The normalized spacial score (nSPS) is 11.8. The molecule has 0 saturated carbocycles. The second-order valence-corrected chi connectivity index (χ2v) is 5.22. The summed E-state index contributed by atoms with van der Waals surface area (Å²) in [5, 5.41) is 15.7. The topological polar surface area (TPSA) is 61.4 Å². The van der Waals surface area contributed by atoms with Crippen LogP contribution in [0.5, 0.6) is 0 Å². The Labute approximate surface area is 132 Å². The number of amides is 2. The van der Waals surface area contributed by atoms with Crippen LogP contribution in [-0.4, -0.2) is 17.7 Å². The van der Waals surface area contributed by atoms with Crippen LogP contribution in [0.25, 0.3) is 0 Å². The van der Waals surface area contributed by atoms with Gasteiger partial charge < -0.3 is 15.7 Å². The van der Waals surface area contributed by atoms with Crippen LogP contribution in [0.3, 0.4) is 0 Å². The van der Waals surface area contributed by atoms with Crippen molar-refractivity contribution in [1.82, 2.24) is 5.32 Å². The molecule has 6 heteroatoms. The molecule has 0 aliphatic heterocycles. The van der Waals surface area contributed by atoms with Gasteiger partial charge in [0, 0.05) is 17.3 Å². The number of carbonyl (C=O) groups excluding carboxylic acids is 1. The van der Waals surface area contributed by atoms with Crippen molar-refractivity contribution in [1.29, 1.82) is 0 Å². The van der Waals surface area contributed by atoms with Crippen molar-refractivity contribution in [3.8, 4) is 0 Å². The van der Waals surface area contributed by atoms with E-state index >= 15 is 0 Å². The van der Waals surface area contributed by atoms with Gasteiger partial charge in [0.15, 0.2) is 0 Å². The molecule has 0 saturated heterocycles. The minimum Gasteiger partial charge on any atom is -0.387 e. The number of carbonyl (C=O) groups is 1. The number of hydrogen-bond acceptors (Lipinski definition) is 2. The van der Waals surface area contributed by atoms with Gasteiger partial charge >= 0.3 is 6.03 Å². The van der Waals surface area contributed by atoms with Crippen LogP contribution in [0.2, 0.25) is 5.02 Å². The Kier molecular flexibility index (Phi) is 5.35. The molecule has 0 fully saturated rings. The highest BCUT2D eigenvalue weighted by molar-refractivity contribution is 6.31. The number of anilines is 1. The third-order valence-corrected chi connectivity index (χ3v) is 3.64. The lowest BCUT2D eigenvalue weighted by atomic mass is 10.1. The average molecular weight is 323 g/mol. The number of hydrogen-bond donors (Lipinski definition) is 3. The van der Waals surface area contributed by atoms with Crippen LogP contribution in [0.15, 0.2) is 42.5 Å². The van der Waals surface area contributed by atoms with E-state index in [0.29, 0.717) is 16.3 Å². The van der Waals surface area contributed by atoms with Gasteiger partial charge in [-0.1, -0.05) is 29.8 Å². The summed E-state index contributed by atoms with van der Waals surface area (Å²) in [4.78, 5) is 11.8. The SMILES string of the molecule is Cc1c(Cl)cccc1NC(=O)NCC(O)c1ccc(F)cc1. The monoisotopic (exact) mass is 322 g/mol. The fourth-order valence-electron chi connectivity index (χ4n) is 1.90. The van der Waals surface area contributed by atoms with Gasteiger partial charge in [0.2, 0.25) is 0 Å². The Morgan fingerprint density at radius 3 is 2.64 bits per heavy atom. The van der Waals surface area contributed by atoms with Crippen molar-refractivity contribution in [2.45, 2.75) is 13.0 Å². The number of rotatable bonds is 4. The predicted octanol–water partition coefficient (Wildman–Crippen LogP) is 3.64. The minimum absolute atomic E-state index is 0.0110. The van der Waals surface area contributed by atoms with Crippen LogP contribution in [0, 0.1) is 12.7 Å². The highest BCUT2D eigenvalue weighted by Gasteiger charge is 2.11. The zero-order valence-electron chi connectivity index (χ0n) is 11.9. The molecule has 4 nitrogen and oxygen atoms in total. The summed E-state index contributed by atoms with van der Waals surface area (Å²) in [5.74, 6) is -0.377. The van der Waals surface area contributed by atoms with Crippen molar-refractivity contribution >= 4 is 23.3 Å². The molecule has 3 N–H and O–H groups in total. The Morgan fingerprint density at radius 2 is 1.95 bits per heavy atom. The maximum atomic E-state index is 12.8. The molecule has 1 unspecified atom stereocenters. The molecule has 2 aromatic rings. The fraction of sp³-hybridized carbons (Fsp3) is 0.188. The molecular formula is C16H16ClFN2O2. The largest absolute Gasteiger partial charge is 0.387 e. The fourth-order valence-corrected chi connectivity index (χ4v) is 2.08. The molecule has 0 bridgehead atoms. The van der Waals surface area contributed by atoms with Crippen molar-refractivity contribution in [3.05, 3.63) is 64.4 Å². The molecule has 0 aromatic heterocycles. The summed E-state index contributed by atoms with van der Waals surface area (Å²) in [6, 6.07) is 10.2. The quantitative estimate of drug-likeness (QED) is 0.804. The molecule has 0 aliphatic carbocycles. The molecule has 0 aliphatic rings. The van der Waals surface area contributed by atoms with Gasteiger partial charge in [0.1, 0.15) is 5.82 Å². The van der Waals surface area contributed by atoms with Crippen LogP contribution in [-0.2, 0) is 0 Å². The molecular weight excluding hydrogens is 307 g/mol. The van der Waals surface area contributed by atoms with Crippen molar-refractivity contribution in [2.75, 3.05) is 11.9 Å². The summed E-state index contributed by atoms with van der Waals surface area (Å²) in [6.07, 6.45) is -0.910. The lowest BCUT2D eigenvalue weighted by Crippen LogP contribution is -2.32. The van der Waals surface area contributed by atoms with E-state index in [4.69, 9.17) is 11.6 Å². The maximum absolute atomic E-state index is 12.8. The van der Waals surface area contributed by atoms with E-state index in [-0.39, 0.29) is 12.4 Å². The second-order valence-electron chi connectivity index (χ2n) is 4.81. The molecule has 0 radical (unpaired) electrons. The molecule has 0 heterocycles. The van der Waals surface area contributed by atoms with E-state index in [2.05, 4.69) is 10.6 Å². The highest BCUT2D eigenvalue weighted by Crippen LogP contribution is 2.22. The third kappa shape index (κ3) is 4.19. The van der Waals surface area contributed by atoms with E-state index in [0.717, 1.165) is 5.56 Å². The molecule has 2 rings (SSSR count). The standard InChI is InChI=1S/C16H16ClFN2O2/c1-10-13(17)3-2-4-14(10)20-16(22)19-9-15(21)11-5-7-12(18)8-6-11/h2-8,15,21H,9H2,1H3,(H2,19,20,22). The van der Waals surface area contributed by atoms with Gasteiger partial charge in [-0.05, 0) is 42.3 Å². The summed E-state index contributed by atoms with van der Waals surface area (Å²) in [5.41, 5.74) is 1.89. The number of nitrogens with one attached hydrogen (secondary N) is 2. The third-order valence-electron chi connectivity index (χ3n) is 3.23. The molecule has 2 aromatic carbocycles. The number of aliphatic hydroxyl groups is 1. The van der Waals surface area contributed by atoms with Crippen molar-refractivity contribution in [3.63, 3.8) is 0 Å². The molecule has 0 spiro atoms. The second kappa shape index (κ2) is 7.24. The first-order valence-corrected chi connectivity index (χ1v) is 7.08. The van der Waals surface area contributed by atoms with Crippen LogP contribution >= 0.6 is 11.6 Å². The predicted molar refractivity (Wildman–Crippen MR) is 84.6 cm³/mol. The van der Waals surface area contributed by atoms with Gasteiger partial charge in [0.05, 0.1) is 6.10 Å². The Balaban J connectivity index is 1.90. The van der Waals surface area contributed by atoms with Crippen LogP contribution in [0.1, 0.15) is 17.2 Å². The molecule has 22 heavy (non-hydrogen) atoms. The zero-order chi connectivity index (χ0) is 16.1. The summed E-state index contributed by atoms with van der Waals surface area (Å²) in [7, 11) is 0. The van der Waals surface area contributed by atoms with E-state index in [1.165, 1.54) is 24.3 Å². The summed E-state index contributed by atoms with van der Waals surface area (Å²) >= 11 is 5.98. The Bertz CT molecular complexity index is 662. The molecule has 1 atom stereocenters. The minimum atomic E-state index is -0.910. The lowest BCUT2D eigenvalue weighted by Gasteiger charge is -2.14. The Hall–Kier alpha value is -2.11. The first kappa shape index (κ1) is 16.3. The van der Waals surface area contributed by atoms with Crippen molar-refractivity contribution in [2.24, 2.45) is 0 Å². The van der Waals surface area contributed by atoms with Crippen LogP contribution in [0.4, 0.5) is 14.9 Å². The van der Waals surface area contributed by atoms with Gasteiger partial charge in [0.25, 0.3) is 0 Å². The number of aliphatic hydroxyl groups excluding tert-OH is 1. The van der Waals surface area contributed by atoms with E-state index in [1.807, 2.05) is 0 Å². The van der Waals surface area contributed by atoms with Gasteiger partial charge in [-0.15, -0.1) is 0 Å². The summed E-state index contributed by atoms with van der Waals surface area (Å²) < 4.78 is 12.8. The number of halogens is 2. The maximum Gasteiger partial charge on any atom is 0.319 e. The average Bonchev–Trinajstić information content (AvgIpc) is 2.50. The number of urea groups is 1. The molecule has 2 amide bonds. The smallest absolute Gasteiger partial charge is 0.319 e. The first-order chi connectivity index (χ1) is 10.5. The van der Waals surface area contributed by atoms with Crippen molar-refractivity contribution < 1.29 is 14.3 Å². The zero-order valence-corrected chi connectivity index (χ0v) is 12.7. The summed E-state index contributed by atoms with van der Waals surface area (Å²) in [6.45, 7) is 1.81. The van der Waals surface area contributed by atoms with Gasteiger partial charge in [-0.2, -0.15) is 0 Å².